The molecule has 1 aromatic carbocycles. The Hall–Kier alpha value is -1.52. The lowest BCUT2D eigenvalue weighted by atomic mass is 9.85. The number of nitrogens with zero attached hydrogens (tertiary/aromatic N) is 1. The van der Waals surface area contributed by atoms with Crippen molar-refractivity contribution in [2.75, 3.05) is 13.1 Å². The Morgan fingerprint density at radius 2 is 1.96 bits per heavy atom. The lowest BCUT2D eigenvalue weighted by Crippen LogP contribution is -2.39. The van der Waals surface area contributed by atoms with E-state index < -0.39 is 0 Å². The second-order valence-corrected chi connectivity index (χ2v) is 8.48. The molecule has 2 amide bonds. The molecule has 1 atom stereocenters. The highest BCUT2D eigenvalue weighted by Gasteiger charge is 2.29. The third-order valence-corrected chi connectivity index (χ3v) is 6.19. The standard InChI is InChI=1S/C22H28Cl2N2O2/c23-18-11-10-16(19(24)15-18)12-13-25-21(27)8-3-9-22(28)26-14-4-6-17-5-1-2-7-20(17)26/h7,10-11,15,17H,1-6,8-9,12-14H2,(H,25,27). The minimum Gasteiger partial charge on any atom is -0.356 e. The number of rotatable bonds is 7. The van der Waals surface area contributed by atoms with Crippen molar-refractivity contribution in [3.63, 3.8) is 0 Å². The summed E-state index contributed by atoms with van der Waals surface area (Å²) >= 11 is 12.0. The number of piperidine rings is 1. The Bertz CT molecular complexity index is 748. The van der Waals surface area contributed by atoms with Gasteiger partial charge in [0, 0.05) is 41.7 Å². The summed E-state index contributed by atoms with van der Waals surface area (Å²) in [5.74, 6) is 0.708. The van der Waals surface area contributed by atoms with Crippen LogP contribution in [0.25, 0.3) is 0 Å². The number of hydrogen-bond acceptors (Lipinski definition) is 2. The van der Waals surface area contributed by atoms with Crippen molar-refractivity contribution < 1.29 is 9.59 Å². The summed E-state index contributed by atoms with van der Waals surface area (Å²) in [6.45, 7) is 1.35. The van der Waals surface area contributed by atoms with Crippen LogP contribution in [0, 0.1) is 5.92 Å². The van der Waals surface area contributed by atoms with Crippen molar-refractivity contribution in [1.29, 1.82) is 0 Å². The quantitative estimate of drug-likeness (QED) is 0.661. The van der Waals surface area contributed by atoms with Crippen LogP contribution < -0.4 is 5.32 Å². The highest BCUT2D eigenvalue weighted by Crippen LogP contribution is 2.35. The summed E-state index contributed by atoms with van der Waals surface area (Å²) in [7, 11) is 0. The Balaban J connectivity index is 1.36. The first-order chi connectivity index (χ1) is 13.5. The molecule has 1 N–H and O–H groups in total. The lowest BCUT2D eigenvalue weighted by molar-refractivity contribution is -0.130. The molecule has 0 saturated carbocycles. The van der Waals surface area contributed by atoms with Gasteiger partial charge < -0.3 is 10.2 Å². The van der Waals surface area contributed by atoms with E-state index in [1.54, 1.807) is 12.1 Å². The molecule has 6 heteroatoms. The van der Waals surface area contributed by atoms with E-state index in [-0.39, 0.29) is 11.8 Å². The van der Waals surface area contributed by atoms with Crippen molar-refractivity contribution >= 4 is 35.0 Å². The summed E-state index contributed by atoms with van der Waals surface area (Å²) in [4.78, 5) is 26.7. The van der Waals surface area contributed by atoms with Gasteiger partial charge in [0.1, 0.15) is 0 Å². The molecule has 1 fully saturated rings. The molecule has 0 radical (unpaired) electrons. The lowest BCUT2D eigenvalue weighted by Gasteiger charge is -2.38. The second-order valence-electron chi connectivity index (χ2n) is 7.63. The van der Waals surface area contributed by atoms with Gasteiger partial charge in [0.2, 0.25) is 11.8 Å². The number of amides is 2. The molecule has 4 nitrogen and oxygen atoms in total. The van der Waals surface area contributed by atoms with Crippen molar-refractivity contribution in [3.8, 4) is 0 Å². The predicted molar refractivity (Wildman–Crippen MR) is 113 cm³/mol. The van der Waals surface area contributed by atoms with E-state index >= 15 is 0 Å². The summed E-state index contributed by atoms with van der Waals surface area (Å²) in [5.41, 5.74) is 2.20. The zero-order valence-corrected chi connectivity index (χ0v) is 17.7. The Kier molecular flexibility index (Phi) is 7.81. The Labute approximate surface area is 177 Å². The van der Waals surface area contributed by atoms with Crippen LogP contribution >= 0.6 is 23.2 Å². The average molecular weight is 423 g/mol. The largest absolute Gasteiger partial charge is 0.356 e. The van der Waals surface area contributed by atoms with Gasteiger partial charge in [0.05, 0.1) is 0 Å². The van der Waals surface area contributed by atoms with E-state index in [1.165, 1.54) is 25.0 Å². The van der Waals surface area contributed by atoms with Gasteiger partial charge in [-0.15, -0.1) is 0 Å². The van der Waals surface area contributed by atoms with Gasteiger partial charge in [-0.2, -0.15) is 0 Å². The van der Waals surface area contributed by atoms with Gasteiger partial charge in [-0.1, -0.05) is 35.3 Å². The van der Waals surface area contributed by atoms with Gasteiger partial charge in [-0.3, -0.25) is 9.59 Å². The van der Waals surface area contributed by atoms with Gasteiger partial charge >= 0.3 is 0 Å². The van der Waals surface area contributed by atoms with Crippen molar-refractivity contribution in [1.82, 2.24) is 10.2 Å². The van der Waals surface area contributed by atoms with Crippen LogP contribution in [-0.4, -0.2) is 29.8 Å². The van der Waals surface area contributed by atoms with E-state index in [0.717, 1.165) is 24.9 Å². The SMILES string of the molecule is O=C(CCCC(=O)N1CCCC2CCCC=C21)NCCc1ccc(Cl)cc1Cl. The van der Waals surface area contributed by atoms with Crippen LogP contribution in [-0.2, 0) is 16.0 Å². The third kappa shape index (κ3) is 5.74. The minimum absolute atomic E-state index is 0.0220. The summed E-state index contributed by atoms with van der Waals surface area (Å²) in [6, 6.07) is 5.38. The van der Waals surface area contributed by atoms with Gasteiger partial charge in [0.25, 0.3) is 0 Å². The molecule has 2 aliphatic rings. The van der Waals surface area contributed by atoms with Crippen LogP contribution in [0.2, 0.25) is 10.0 Å². The molecular weight excluding hydrogens is 395 g/mol. The molecule has 1 heterocycles. The number of likely N-dealkylation sites (tertiary alicyclic amines) is 1. The number of benzene rings is 1. The minimum atomic E-state index is -0.0220. The van der Waals surface area contributed by atoms with E-state index in [2.05, 4.69) is 11.4 Å². The summed E-state index contributed by atoms with van der Waals surface area (Å²) in [6.07, 6.45) is 10.1. The van der Waals surface area contributed by atoms with Gasteiger partial charge in [0.15, 0.2) is 0 Å². The molecule has 152 valence electrons. The van der Waals surface area contributed by atoms with E-state index in [1.807, 2.05) is 11.0 Å². The molecule has 3 rings (SSSR count). The molecule has 1 aliphatic heterocycles. The van der Waals surface area contributed by atoms with Crippen molar-refractivity contribution in [2.45, 2.75) is 57.8 Å². The number of hydrogen-bond donors (Lipinski definition) is 1. The fourth-order valence-corrected chi connectivity index (χ4v) is 4.63. The van der Waals surface area contributed by atoms with E-state index in [0.29, 0.717) is 48.2 Å². The topological polar surface area (TPSA) is 49.4 Å². The highest BCUT2D eigenvalue weighted by atomic mass is 35.5. The predicted octanol–water partition coefficient (Wildman–Crippen LogP) is 5.13. The van der Waals surface area contributed by atoms with Crippen LogP contribution in [0.1, 0.15) is 56.9 Å². The van der Waals surface area contributed by atoms with Crippen LogP contribution in [0.5, 0.6) is 0 Å². The number of carbonyl (C=O) groups is 2. The van der Waals surface area contributed by atoms with Crippen LogP contribution in [0.3, 0.4) is 0 Å². The number of allylic oxidation sites excluding steroid dienone is 2. The fraction of sp³-hybridized carbons (Fsp3) is 0.545. The van der Waals surface area contributed by atoms with Crippen LogP contribution in [0.15, 0.2) is 30.0 Å². The summed E-state index contributed by atoms with van der Waals surface area (Å²) < 4.78 is 0. The normalized spacial score (nSPS) is 19.0. The average Bonchev–Trinajstić information content (AvgIpc) is 2.69. The zero-order valence-electron chi connectivity index (χ0n) is 16.2. The first kappa shape index (κ1) is 21.2. The number of nitrogens with one attached hydrogen (secondary N) is 1. The maximum Gasteiger partial charge on any atom is 0.226 e. The van der Waals surface area contributed by atoms with E-state index in [4.69, 9.17) is 23.2 Å². The molecule has 0 aromatic heterocycles. The number of fused-ring (bicyclic) bond motifs is 1. The molecule has 0 spiro atoms. The molecule has 0 bridgehead atoms. The second kappa shape index (κ2) is 10.3. The number of carbonyl (C=O) groups excluding carboxylic acids is 2. The monoisotopic (exact) mass is 422 g/mol. The molecule has 28 heavy (non-hydrogen) atoms. The summed E-state index contributed by atoms with van der Waals surface area (Å²) in [5, 5.41) is 4.12. The Morgan fingerprint density at radius 3 is 2.79 bits per heavy atom. The molecule has 1 aromatic rings. The maximum absolute atomic E-state index is 12.6. The molecular formula is C22H28Cl2N2O2. The maximum atomic E-state index is 12.6. The van der Waals surface area contributed by atoms with E-state index in [9.17, 15) is 9.59 Å². The first-order valence-corrected chi connectivity index (χ1v) is 11.0. The number of halogens is 2. The molecule has 1 unspecified atom stereocenters. The van der Waals surface area contributed by atoms with Crippen molar-refractivity contribution in [2.24, 2.45) is 5.92 Å². The third-order valence-electron chi connectivity index (χ3n) is 5.60. The smallest absolute Gasteiger partial charge is 0.226 e. The molecule has 1 saturated heterocycles. The Morgan fingerprint density at radius 1 is 1.14 bits per heavy atom. The fourth-order valence-electron chi connectivity index (χ4n) is 4.13. The zero-order chi connectivity index (χ0) is 19.9. The first-order valence-electron chi connectivity index (χ1n) is 10.3. The van der Waals surface area contributed by atoms with Crippen molar-refractivity contribution in [3.05, 3.63) is 45.6 Å². The van der Waals surface area contributed by atoms with Crippen LogP contribution in [0.4, 0.5) is 0 Å². The van der Waals surface area contributed by atoms with Gasteiger partial charge in [-0.25, -0.2) is 0 Å². The van der Waals surface area contributed by atoms with Gasteiger partial charge in [-0.05, 0) is 68.6 Å². The highest BCUT2D eigenvalue weighted by molar-refractivity contribution is 6.35. The molecule has 1 aliphatic carbocycles.